The minimum atomic E-state index is -1.32. The van der Waals surface area contributed by atoms with Crippen molar-refractivity contribution in [3.63, 3.8) is 0 Å². The van der Waals surface area contributed by atoms with E-state index in [0.717, 1.165) is 13.2 Å². The molecule has 0 fully saturated rings. The first-order valence-electron chi connectivity index (χ1n) is 3.75. The fraction of sp³-hybridized carbons (Fsp3) is 0.222. The highest BCUT2D eigenvalue weighted by molar-refractivity contribution is 5.72. The average molecular weight is 204 g/mol. The smallest absolute Gasteiger partial charge is 0.310 e. The third-order valence-corrected chi connectivity index (χ3v) is 1.63. The van der Waals surface area contributed by atoms with Crippen molar-refractivity contribution in [2.75, 3.05) is 7.11 Å². The van der Waals surface area contributed by atoms with Crippen molar-refractivity contribution in [3.05, 3.63) is 35.1 Å². The fourth-order valence-electron chi connectivity index (χ4n) is 0.966. The maximum atomic E-state index is 12.9. The molecule has 0 spiro atoms. The molecule has 1 aromatic rings. The largest absolute Gasteiger partial charge is 0.469 e. The standard InChI is InChI=1S/C9H7F3O2/c1-14-8(13)3-5-2-6(10)4-7(11)9(5)12/h2,4H,3H2,1H3. The molecule has 0 atom stereocenters. The molecule has 0 aliphatic rings. The first-order chi connectivity index (χ1) is 6.54. The summed E-state index contributed by atoms with van der Waals surface area (Å²) in [6.45, 7) is 0. The molecule has 0 unspecified atom stereocenters. The van der Waals surface area contributed by atoms with Crippen LogP contribution in [-0.4, -0.2) is 13.1 Å². The van der Waals surface area contributed by atoms with Crippen LogP contribution in [-0.2, 0) is 16.0 Å². The molecule has 0 bridgehead atoms. The van der Waals surface area contributed by atoms with Gasteiger partial charge in [0, 0.05) is 11.6 Å². The predicted octanol–water partition coefficient (Wildman–Crippen LogP) is 1.82. The van der Waals surface area contributed by atoms with E-state index in [-0.39, 0.29) is 5.56 Å². The number of ether oxygens (including phenoxy) is 1. The van der Waals surface area contributed by atoms with Gasteiger partial charge in [0.1, 0.15) is 5.82 Å². The molecule has 1 rings (SSSR count). The third-order valence-electron chi connectivity index (χ3n) is 1.63. The SMILES string of the molecule is COC(=O)Cc1cc(F)cc(F)c1F. The van der Waals surface area contributed by atoms with Gasteiger partial charge in [-0.15, -0.1) is 0 Å². The normalized spacial score (nSPS) is 10.0. The molecule has 0 heterocycles. The van der Waals surface area contributed by atoms with Crippen molar-refractivity contribution in [2.45, 2.75) is 6.42 Å². The summed E-state index contributed by atoms with van der Waals surface area (Å²) in [7, 11) is 1.11. The second-order valence-corrected chi connectivity index (χ2v) is 2.61. The molecule has 0 saturated heterocycles. The Balaban J connectivity index is 3.02. The Kier molecular flexibility index (Phi) is 3.11. The van der Waals surface area contributed by atoms with Crippen LogP contribution in [0.15, 0.2) is 12.1 Å². The van der Waals surface area contributed by atoms with Crippen LogP contribution < -0.4 is 0 Å². The van der Waals surface area contributed by atoms with Crippen LogP contribution >= 0.6 is 0 Å². The van der Waals surface area contributed by atoms with E-state index in [9.17, 15) is 18.0 Å². The molecule has 5 heteroatoms. The van der Waals surface area contributed by atoms with E-state index in [1.54, 1.807) is 0 Å². The van der Waals surface area contributed by atoms with E-state index in [2.05, 4.69) is 4.74 Å². The van der Waals surface area contributed by atoms with Gasteiger partial charge in [0.2, 0.25) is 0 Å². The fourth-order valence-corrected chi connectivity index (χ4v) is 0.966. The van der Waals surface area contributed by atoms with Crippen molar-refractivity contribution in [1.82, 2.24) is 0 Å². The zero-order valence-electron chi connectivity index (χ0n) is 7.31. The minimum Gasteiger partial charge on any atom is -0.469 e. The lowest BCUT2D eigenvalue weighted by molar-refractivity contribution is -0.139. The first-order valence-corrected chi connectivity index (χ1v) is 3.75. The quantitative estimate of drug-likeness (QED) is 0.542. The number of benzene rings is 1. The summed E-state index contributed by atoms with van der Waals surface area (Å²) >= 11 is 0. The topological polar surface area (TPSA) is 26.3 Å². The molecule has 1 aromatic carbocycles. The van der Waals surface area contributed by atoms with Crippen LogP contribution in [0.4, 0.5) is 13.2 Å². The zero-order valence-corrected chi connectivity index (χ0v) is 7.31. The lowest BCUT2D eigenvalue weighted by Crippen LogP contribution is -2.07. The van der Waals surface area contributed by atoms with Gasteiger partial charge in [-0.1, -0.05) is 0 Å². The van der Waals surface area contributed by atoms with Gasteiger partial charge in [-0.05, 0) is 6.07 Å². The molecular weight excluding hydrogens is 197 g/mol. The van der Waals surface area contributed by atoms with E-state index >= 15 is 0 Å². The second kappa shape index (κ2) is 4.13. The molecule has 14 heavy (non-hydrogen) atoms. The van der Waals surface area contributed by atoms with Crippen molar-refractivity contribution in [1.29, 1.82) is 0 Å². The predicted molar refractivity (Wildman–Crippen MR) is 42.0 cm³/mol. The second-order valence-electron chi connectivity index (χ2n) is 2.61. The summed E-state index contributed by atoms with van der Waals surface area (Å²) in [5, 5.41) is 0. The molecular formula is C9H7F3O2. The number of rotatable bonds is 2. The Morgan fingerprint density at radius 2 is 2.00 bits per heavy atom. The molecule has 0 amide bonds. The third kappa shape index (κ3) is 2.25. The van der Waals surface area contributed by atoms with Crippen LogP contribution in [0, 0.1) is 17.5 Å². The van der Waals surface area contributed by atoms with Crippen LogP contribution in [0.25, 0.3) is 0 Å². The van der Waals surface area contributed by atoms with Gasteiger partial charge in [-0.2, -0.15) is 0 Å². The van der Waals surface area contributed by atoms with Crippen LogP contribution in [0.5, 0.6) is 0 Å². The molecule has 0 radical (unpaired) electrons. The highest BCUT2D eigenvalue weighted by Crippen LogP contribution is 2.14. The lowest BCUT2D eigenvalue weighted by Gasteiger charge is -2.02. The van der Waals surface area contributed by atoms with Gasteiger partial charge < -0.3 is 4.74 Å². The Labute approximate surface area is 78.3 Å². The molecule has 2 nitrogen and oxygen atoms in total. The Hall–Kier alpha value is -1.52. The van der Waals surface area contributed by atoms with E-state index in [1.165, 1.54) is 0 Å². The monoisotopic (exact) mass is 204 g/mol. The van der Waals surface area contributed by atoms with Crippen molar-refractivity contribution in [2.24, 2.45) is 0 Å². The molecule has 76 valence electrons. The van der Waals surface area contributed by atoms with Crippen molar-refractivity contribution >= 4 is 5.97 Å². The van der Waals surface area contributed by atoms with Crippen molar-refractivity contribution < 1.29 is 22.7 Å². The summed E-state index contributed by atoms with van der Waals surface area (Å²) < 4.78 is 42.4. The van der Waals surface area contributed by atoms with Gasteiger partial charge in [0.25, 0.3) is 0 Å². The highest BCUT2D eigenvalue weighted by Gasteiger charge is 2.14. The van der Waals surface area contributed by atoms with Gasteiger partial charge in [-0.3, -0.25) is 4.79 Å². The van der Waals surface area contributed by atoms with Crippen LogP contribution in [0.1, 0.15) is 5.56 Å². The summed E-state index contributed by atoms with van der Waals surface area (Å²) in [6, 6.07) is 1.17. The summed E-state index contributed by atoms with van der Waals surface area (Å²) in [4.78, 5) is 10.7. The molecule has 0 N–H and O–H groups in total. The number of hydrogen-bond acceptors (Lipinski definition) is 2. The number of esters is 1. The molecule has 0 saturated carbocycles. The van der Waals surface area contributed by atoms with Crippen LogP contribution in [0.2, 0.25) is 0 Å². The number of carbonyl (C=O) groups excluding carboxylic acids is 1. The lowest BCUT2D eigenvalue weighted by atomic mass is 10.1. The Morgan fingerprint density at radius 3 is 2.57 bits per heavy atom. The maximum absolute atomic E-state index is 12.9. The average Bonchev–Trinajstić information content (AvgIpc) is 2.13. The van der Waals surface area contributed by atoms with Gasteiger partial charge in [-0.25, -0.2) is 13.2 Å². The van der Waals surface area contributed by atoms with E-state index < -0.39 is 29.8 Å². The van der Waals surface area contributed by atoms with Gasteiger partial charge >= 0.3 is 5.97 Å². The first kappa shape index (κ1) is 10.6. The summed E-state index contributed by atoms with van der Waals surface area (Å²) in [6.07, 6.45) is -0.489. The highest BCUT2D eigenvalue weighted by atomic mass is 19.2. The minimum absolute atomic E-state index is 0.352. The van der Waals surface area contributed by atoms with E-state index in [1.807, 2.05) is 0 Å². The molecule has 0 aliphatic carbocycles. The van der Waals surface area contributed by atoms with Crippen LogP contribution in [0.3, 0.4) is 0 Å². The molecule has 0 aliphatic heterocycles. The summed E-state index contributed by atoms with van der Waals surface area (Å²) in [5.41, 5.74) is -0.352. The number of halogens is 3. The number of carbonyl (C=O) groups is 1. The van der Waals surface area contributed by atoms with E-state index in [4.69, 9.17) is 0 Å². The Morgan fingerprint density at radius 1 is 1.36 bits per heavy atom. The maximum Gasteiger partial charge on any atom is 0.310 e. The van der Waals surface area contributed by atoms with Gasteiger partial charge in [0.15, 0.2) is 11.6 Å². The van der Waals surface area contributed by atoms with Crippen molar-refractivity contribution in [3.8, 4) is 0 Å². The number of hydrogen-bond donors (Lipinski definition) is 0. The van der Waals surface area contributed by atoms with Gasteiger partial charge in [0.05, 0.1) is 13.5 Å². The zero-order chi connectivity index (χ0) is 10.7. The number of methoxy groups -OCH3 is 1. The Bertz CT molecular complexity index is 363. The molecule has 0 aromatic heterocycles. The van der Waals surface area contributed by atoms with E-state index in [0.29, 0.717) is 6.07 Å². The summed E-state index contributed by atoms with van der Waals surface area (Å²) in [5.74, 6) is -4.22.